The molecule has 0 amide bonds. The van der Waals surface area contributed by atoms with Gasteiger partial charge in [0.1, 0.15) is 0 Å². The minimum atomic E-state index is -4.47. The summed E-state index contributed by atoms with van der Waals surface area (Å²) in [6, 6.07) is 9.44. The standard InChI is InChI=1S/C14H14ClF3N2/c1-9-12(13(15)14(16,17)18)10(2)20(19-9)8-11-6-4-3-5-7-11/h3-7,13H,8H2,1-2H3/t13-/m1/s1. The van der Waals surface area contributed by atoms with Gasteiger partial charge in [-0.15, -0.1) is 11.6 Å². The molecule has 0 fully saturated rings. The lowest BCUT2D eigenvalue weighted by Crippen LogP contribution is -2.17. The molecule has 0 aliphatic heterocycles. The topological polar surface area (TPSA) is 17.8 Å². The van der Waals surface area contributed by atoms with Crippen LogP contribution in [0.1, 0.15) is 27.9 Å². The number of benzene rings is 1. The molecule has 0 saturated carbocycles. The third-order valence-corrected chi connectivity index (χ3v) is 3.62. The van der Waals surface area contributed by atoms with Crippen LogP contribution >= 0.6 is 11.6 Å². The monoisotopic (exact) mass is 302 g/mol. The zero-order valence-electron chi connectivity index (χ0n) is 11.1. The molecular weight excluding hydrogens is 289 g/mol. The second kappa shape index (κ2) is 5.48. The van der Waals surface area contributed by atoms with Crippen molar-refractivity contribution in [3.05, 3.63) is 52.8 Å². The first-order valence-corrected chi connectivity index (χ1v) is 6.53. The van der Waals surface area contributed by atoms with Gasteiger partial charge in [0.15, 0.2) is 5.38 Å². The summed E-state index contributed by atoms with van der Waals surface area (Å²) in [5.41, 5.74) is 1.79. The lowest BCUT2D eigenvalue weighted by molar-refractivity contribution is -0.131. The van der Waals surface area contributed by atoms with E-state index < -0.39 is 11.6 Å². The number of nitrogens with zero attached hydrogens (tertiary/aromatic N) is 2. The first kappa shape index (κ1) is 14.9. The molecule has 0 bridgehead atoms. The predicted octanol–water partition coefficient (Wildman–Crippen LogP) is 4.39. The van der Waals surface area contributed by atoms with Crippen molar-refractivity contribution in [3.8, 4) is 0 Å². The minimum Gasteiger partial charge on any atom is -0.265 e. The van der Waals surface area contributed by atoms with Crippen molar-refractivity contribution in [3.63, 3.8) is 0 Å². The highest BCUT2D eigenvalue weighted by molar-refractivity contribution is 6.21. The molecule has 2 nitrogen and oxygen atoms in total. The van der Waals surface area contributed by atoms with Gasteiger partial charge in [0.25, 0.3) is 0 Å². The van der Waals surface area contributed by atoms with Crippen LogP contribution in [0.3, 0.4) is 0 Å². The zero-order valence-corrected chi connectivity index (χ0v) is 11.8. The Morgan fingerprint density at radius 2 is 1.80 bits per heavy atom. The van der Waals surface area contributed by atoms with Gasteiger partial charge in [-0.05, 0) is 19.4 Å². The first-order chi connectivity index (χ1) is 9.30. The van der Waals surface area contributed by atoms with Gasteiger partial charge in [0.2, 0.25) is 0 Å². The maximum absolute atomic E-state index is 12.8. The summed E-state index contributed by atoms with van der Waals surface area (Å²) < 4.78 is 39.8. The fourth-order valence-corrected chi connectivity index (χ4v) is 2.47. The Morgan fingerprint density at radius 1 is 1.20 bits per heavy atom. The second-order valence-electron chi connectivity index (χ2n) is 4.63. The second-order valence-corrected chi connectivity index (χ2v) is 5.07. The third-order valence-electron chi connectivity index (χ3n) is 3.15. The van der Waals surface area contributed by atoms with Crippen LogP contribution in [-0.4, -0.2) is 16.0 Å². The molecule has 1 heterocycles. The number of aromatic nitrogens is 2. The van der Waals surface area contributed by atoms with Crippen LogP contribution in [0.2, 0.25) is 0 Å². The van der Waals surface area contributed by atoms with E-state index in [0.29, 0.717) is 17.9 Å². The molecule has 1 aromatic heterocycles. The maximum Gasteiger partial charge on any atom is 0.409 e. The molecule has 20 heavy (non-hydrogen) atoms. The van der Waals surface area contributed by atoms with Gasteiger partial charge >= 0.3 is 6.18 Å². The van der Waals surface area contributed by atoms with Crippen molar-refractivity contribution < 1.29 is 13.2 Å². The number of halogens is 4. The van der Waals surface area contributed by atoms with Gasteiger partial charge in [0.05, 0.1) is 12.2 Å². The smallest absolute Gasteiger partial charge is 0.265 e. The molecule has 0 aliphatic rings. The average molecular weight is 303 g/mol. The van der Waals surface area contributed by atoms with E-state index in [2.05, 4.69) is 5.10 Å². The summed E-state index contributed by atoms with van der Waals surface area (Å²) >= 11 is 5.53. The minimum absolute atomic E-state index is 0.0510. The molecule has 1 aromatic carbocycles. The Morgan fingerprint density at radius 3 is 2.35 bits per heavy atom. The molecule has 0 saturated heterocycles. The van der Waals surface area contributed by atoms with Crippen molar-refractivity contribution in [1.29, 1.82) is 0 Å². The molecule has 2 rings (SSSR count). The number of hydrogen-bond donors (Lipinski definition) is 0. The van der Waals surface area contributed by atoms with E-state index in [1.807, 2.05) is 30.3 Å². The van der Waals surface area contributed by atoms with Crippen LogP contribution in [0.25, 0.3) is 0 Å². The van der Waals surface area contributed by atoms with Crippen LogP contribution < -0.4 is 0 Å². The highest BCUT2D eigenvalue weighted by atomic mass is 35.5. The van der Waals surface area contributed by atoms with Crippen molar-refractivity contribution in [2.75, 3.05) is 0 Å². The number of aryl methyl sites for hydroxylation is 1. The summed E-state index contributed by atoms with van der Waals surface area (Å²) in [5, 5.41) is 2.15. The van der Waals surface area contributed by atoms with E-state index in [1.54, 1.807) is 18.5 Å². The maximum atomic E-state index is 12.8. The predicted molar refractivity (Wildman–Crippen MR) is 71.9 cm³/mol. The molecule has 0 unspecified atom stereocenters. The van der Waals surface area contributed by atoms with Gasteiger partial charge in [-0.25, -0.2) is 0 Å². The van der Waals surface area contributed by atoms with Gasteiger partial charge in [-0.3, -0.25) is 4.68 Å². The fraction of sp³-hybridized carbons (Fsp3) is 0.357. The highest BCUT2D eigenvalue weighted by Crippen LogP contribution is 2.40. The Hall–Kier alpha value is -1.49. The molecule has 0 N–H and O–H groups in total. The van der Waals surface area contributed by atoms with Crippen molar-refractivity contribution >= 4 is 11.6 Å². The van der Waals surface area contributed by atoms with Crippen LogP contribution in [0.4, 0.5) is 13.2 Å². The molecule has 0 spiro atoms. The van der Waals surface area contributed by atoms with Crippen LogP contribution in [0.15, 0.2) is 30.3 Å². The third kappa shape index (κ3) is 2.98. The van der Waals surface area contributed by atoms with E-state index in [-0.39, 0.29) is 5.56 Å². The van der Waals surface area contributed by atoms with Gasteiger partial charge in [0, 0.05) is 11.3 Å². The van der Waals surface area contributed by atoms with Gasteiger partial charge in [-0.2, -0.15) is 18.3 Å². The zero-order chi connectivity index (χ0) is 14.9. The summed E-state index contributed by atoms with van der Waals surface area (Å²) in [5.74, 6) is 0. The largest absolute Gasteiger partial charge is 0.409 e. The summed E-state index contributed by atoms with van der Waals surface area (Å²) in [6.45, 7) is 3.58. The normalized spacial score (nSPS) is 13.5. The number of rotatable bonds is 3. The van der Waals surface area contributed by atoms with E-state index >= 15 is 0 Å². The molecule has 0 radical (unpaired) electrons. The molecular formula is C14H14ClF3N2. The van der Waals surface area contributed by atoms with Gasteiger partial charge in [-0.1, -0.05) is 30.3 Å². The molecule has 0 aliphatic carbocycles. The van der Waals surface area contributed by atoms with E-state index in [0.717, 1.165) is 5.56 Å². The van der Waals surface area contributed by atoms with Crippen molar-refractivity contribution in [2.45, 2.75) is 31.9 Å². The summed E-state index contributed by atoms with van der Waals surface area (Å²) in [4.78, 5) is 0. The summed E-state index contributed by atoms with van der Waals surface area (Å²) in [6.07, 6.45) is -4.47. The van der Waals surface area contributed by atoms with Gasteiger partial charge < -0.3 is 0 Å². The Kier molecular flexibility index (Phi) is 4.09. The van der Waals surface area contributed by atoms with E-state index in [9.17, 15) is 13.2 Å². The van der Waals surface area contributed by atoms with Crippen LogP contribution in [0, 0.1) is 13.8 Å². The van der Waals surface area contributed by atoms with Crippen molar-refractivity contribution in [2.24, 2.45) is 0 Å². The number of hydrogen-bond acceptors (Lipinski definition) is 1. The average Bonchev–Trinajstić information content (AvgIpc) is 2.64. The molecule has 2 aromatic rings. The number of alkyl halides is 4. The first-order valence-electron chi connectivity index (χ1n) is 6.09. The van der Waals surface area contributed by atoms with Crippen molar-refractivity contribution in [1.82, 2.24) is 9.78 Å². The van der Waals surface area contributed by atoms with E-state index in [1.165, 1.54) is 0 Å². The highest BCUT2D eigenvalue weighted by Gasteiger charge is 2.42. The summed E-state index contributed by atoms with van der Waals surface area (Å²) in [7, 11) is 0. The lowest BCUT2D eigenvalue weighted by Gasteiger charge is -2.14. The van der Waals surface area contributed by atoms with E-state index in [4.69, 9.17) is 11.6 Å². The Labute approximate surface area is 120 Å². The fourth-order valence-electron chi connectivity index (χ4n) is 2.15. The molecule has 108 valence electrons. The Balaban J connectivity index is 2.34. The van der Waals surface area contributed by atoms with Crippen LogP contribution in [-0.2, 0) is 6.54 Å². The molecule has 1 atom stereocenters. The lowest BCUT2D eigenvalue weighted by atomic mass is 10.1. The van der Waals surface area contributed by atoms with Crippen LogP contribution in [0.5, 0.6) is 0 Å². The SMILES string of the molecule is Cc1nn(Cc2ccccc2)c(C)c1[C@@H](Cl)C(F)(F)F. The Bertz CT molecular complexity index is 590. The quantitative estimate of drug-likeness (QED) is 0.769. The molecule has 6 heteroatoms.